The third-order valence-corrected chi connectivity index (χ3v) is 1.37. The molecule has 0 saturated heterocycles. The van der Waals surface area contributed by atoms with E-state index in [-0.39, 0.29) is 0 Å². The van der Waals surface area contributed by atoms with E-state index in [2.05, 4.69) is 12.5 Å². The van der Waals surface area contributed by atoms with Gasteiger partial charge in [0, 0.05) is 5.56 Å². The van der Waals surface area contributed by atoms with Gasteiger partial charge in [0.25, 0.3) is 0 Å². The molecular formula is C10H8O. The number of aliphatic hydroxyl groups is 1. The number of aliphatic hydroxyl groups excluding tert-OH is 1. The maximum absolute atomic E-state index is 8.34. The number of hydrogen-bond acceptors (Lipinski definition) is 1. The Morgan fingerprint density at radius 1 is 1.36 bits per heavy atom. The van der Waals surface area contributed by atoms with Gasteiger partial charge in [0.05, 0.1) is 0 Å². The lowest BCUT2D eigenvalue weighted by molar-refractivity contribution is 0.517. The molecule has 1 nitrogen and oxygen atoms in total. The lowest BCUT2D eigenvalue weighted by atomic mass is 10.1. The molecular weight excluding hydrogens is 136 g/mol. The summed E-state index contributed by atoms with van der Waals surface area (Å²) in [6.45, 7) is 3.62. The molecule has 0 aliphatic rings. The molecule has 0 amide bonds. The summed E-state index contributed by atoms with van der Waals surface area (Å²) in [6.07, 6.45) is 3.57. The SMILES string of the molecule is C=Cc1ccccc1C#CO. The molecule has 0 spiro atoms. The molecule has 1 N–H and O–H groups in total. The van der Waals surface area contributed by atoms with Crippen LogP contribution in [0, 0.1) is 12.0 Å². The normalized spacial score (nSPS) is 8.00. The maximum Gasteiger partial charge on any atom is 0.113 e. The number of rotatable bonds is 1. The minimum absolute atomic E-state index is 0.796. The Kier molecular flexibility index (Phi) is 2.35. The molecule has 0 atom stereocenters. The van der Waals surface area contributed by atoms with E-state index in [9.17, 15) is 0 Å². The first-order valence-electron chi connectivity index (χ1n) is 3.25. The monoisotopic (exact) mass is 144 g/mol. The average Bonchev–Trinajstić information content (AvgIpc) is 2.06. The van der Waals surface area contributed by atoms with Gasteiger partial charge in [-0.1, -0.05) is 30.9 Å². The topological polar surface area (TPSA) is 20.2 Å². The van der Waals surface area contributed by atoms with Crippen molar-refractivity contribution in [2.75, 3.05) is 0 Å². The second kappa shape index (κ2) is 3.48. The lowest BCUT2D eigenvalue weighted by Crippen LogP contribution is -1.79. The van der Waals surface area contributed by atoms with Crippen molar-refractivity contribution in [3.05, 3.63) is 42.0 Å². The van der Waals surface area contributed by atoms with Crippen LogP contribution in [0.5, 0.6) is 0 Å². The number of benzene rings is 1. The minimum atomic E-state index is 0.796. The summed E-state index contributed by atoms with van der Waals surface area (Å²) in [5.41, 5.74) is 1.74. The highest BCUT2D eigenvalue weighted by Gasteiger charge is 1.91. The van der Waals surface area contributed by atoms with E-state index < -0.39 is 0 Å². The Morgan fingerprint density at radius 2 is 2.09 bits per heavy atom. The molecule has 0 aliphatic carbocycles. The second-order valence-corrected chi connectivity index (χ2v) is 2.03. The highest BCUT2D eigenvalue weighted by atomic mass is 16.2. The third kappa shape index (κ3) is 1.62. The predicted octanol–water partition coefficient (Wildman–Crippen LogP) is 2.01. The van der Waals surface area contributed by atoms with Crippen LogP contribution in [0.4, 0.5) is 0 Å². The Bertz CT molecular complexity index is 315. The summed E-state index contributed by atoms with van der Waals surface area (Å²) in [5.74, 6) is 2.56. The van der Waals surface area contributed by atoms with Gasteiger partial charge in [-0.25, -0.2) is 0 Å². The van der Waals surface area contributed by atoms with Gasteiger partial charge in [-0.05, 0) is 17.6 Å². The van der Waals surface area contributed by atoms with Crippen molar-refractivity contribution in [2.24, 2.45) is 0 Å². The molecule has 0 fully saturated rings. The van der Waals surface area contributed by atoms with Gasteiger partial charge in [-0.15, -0.1) is 0 Å². The highest BCUT2D eigenvalue weighted by Crippen LogP contribution is 2.07. The van der Waals surface area contributed by atoms with E-state index in [1.165, 1.54) is 0 Å². The van der Waals surface area contributed by atoms with E-state index >= 15 is 0 Å². The summed E-state index contributed by atoms with van der Waals surface area (Å²) >= 11 is 0. The van der Waals surface area contributed by atoms with E-state index in [0.717, 1.165) is 11.1 Å². The Balaban J connectivity index is 3.19. The molecule has 1 aromatic rings. The molecule has 1 aromatic carbocycles. The molecule has 0 unspecified atom stereocenters. The summed E-state index contributed by atoms with van der Waals surface area (Å²) in [6, 6.07) is 7.50. The third-order valence-electron chi connectivity index (χ3n) is 1.37. The minimum Gasteiger partial charge on any atom is -0.462 e. The van der Waals surface area contributed by atoms with E-state index in [0.29, 0.717) is 0 Å². The van der Waals surface area contributed by atoms with E-state index in [1.807, 2.05) is 30.4 Å². The van der Waals surface area contributed by atoms with Crippen LogP contribution in [0.15, 0.2) is 30.8 Å². The van der Waals surface area contributed by atoms with Crippen LogP contribution in [0.3, 0.4) is 0 Å². The quantitative estimate of drug-likeness (QED) is 0.598. The average molecular weight is 144 g/mol. The van der Waals surface area contributed by atoms with Crippen molar-refractivity contribution in [2.45, 2.75) is 0 Å². The zero-order valence-corrected chi connectivity index (χ0v) is 6.04. The Morgan fingerprint density at radius 3 is 2.73 bits per heavy atom. The molecule has 0 radical (unpaired) electrons. The van der Waals surface area contributed by atoms with E-state index in [4.69, 9.17) is 5.11 Å². The van der Waals surface area contributed by atoms with Crippen LogP contribution >= 0.6 is 0 Å². The van der Waals surface area contributed by atoms with Crippen LogP contribution in [-0.2, 0) is 0 Å². The fourth-order valence-corrected chi connectivity index (χ4v) is 0.849. The van der Waals surface area contributed by atoms with Crippen molar-refractivity contribution in [1.29, 1.82) is 0 Å². The lowest BCUT2D eigenvalue weighted by Gasteiger charge is -1.94. The summed E-state index contributed by atoms with van der Waals surface area (Å²) < 4.78 is 0. The van der Waals surface area contributed by atoms with Crippen LogP contribution < -0.4 is 0 Å². The zero-order valence-electron chi connectivity index (χ0n) is 6.04. The molecule has 0 aromatic heterocycles. The first-order chi connectivity index (χ1) is 5.38. The molecule has 0 bridgehead atoms. The first-order valence-corrected chi connectivity index (χ1v) is 3.25. The standard InChI is InChI=1S/C10H8O/c1-2-9-5-3-4-6-10(9)7-8-11/h2-6,11H,1H2. The number of hydrogen-bond donors (Lipinski definition) is 1. The maximum atomic E-state index is 8.34. The highest BCUT2D eigenvalue weighted by molar-refractivity contribution is 5.57. The molecule has 0 aliphatic heterocycles. The fourth-order valence-electron chi connectivity index (χ4n) is 0.849. The van der Waals surface area contributed by atoms with Gasteiger partial charge in [0.2, 0.25) is 0 Å². The van der Waals surface area contributed by atoms with Crippen molar-refractivity contribution >= 4 is 6.08 Å². The van der Waals surface area contributed by atoms with Crippen molar-refractivity contribution in [1.82, 2.24) is 0 Å². The molecule has 1 heteroatoms. The second-order valence-electron chi connectivity index (χ2n) is 2.03. The largest absolute Gasteiger partial charge is 0.462 e. The van der Waals surface area contributed by atoms with Gasteiger partial charge in [0.15, 0.2) is 0 Å². The van der Waals surface area contributed by atoms with Gasteiger partial charge in [-0.3, -0.25) is 0 Å². The molecule has 0 saturated carbocycles. The van der Waals surface area contributed by atoms with Gasteiger partial charge >= 0.3 is 0 Å². The van der Waals surface area contributed by atoms with Crippen LogP contribution in [0.25, 0.3) is 6.08 Å². The van der Waals surface area contributed by atoms with Gasteiger partial charge < -0.3 is 5.11 Å². The molecule has 0 heterocycles. The van der Waals surface area contributed by atoms with E-state index in [1.54, 1.807) is 6.08 Å². The Labute approximate surface area is 66.0 Å². The van der Waals surface area contributed by atoms with Gasteiger partial charge in [0.1, 0.15) is 6.11 Å². The molecule has 11 heavy (non-hydrogen) atoms. The van der Waals surface area contributed by atoms with Crippen molar-refractivity contribution < 1.29 is 5.11 Å². The first kappa shape index (κ1) is 7.43. The smallest absolute Gasteiger partial charge is 0.113 e. The Hall–Kier alpha value is -1.68. The predicted molar refractivity (Wildman–Crippen MR) is 45.3 cm³/mol. The van der Waals surface area contributed by atoms with Crippen LogP contribution in [0.1, 0.15) is 11.1 Å². The molecule has 1 rings (SSSR count). The van der Waals surface area contributed by atoms with Crippen LogP contribution in [-0.4, -0.2) is 5.11 Å². The summed E-state index contributed by atoms with van der Waals surface area (Å²) in [4.78, 5) is 0. The zero-order chi connectivity index (χ0) is 8.10. The van der Waals surface area contributed by atoms with Crippen molar-refractivity contribution in [3.63, 3.8) is 0 Å². The van der Waals surface area contributed by atoms with Crippen LogP contribution in [0.2, 0.25) is 0 Å². The van der Waals surface area contributed by atoms with Crippen molar-refractivity contribution in [3.8, 4) is 12.0 Å². The summed E-state index contributed by atoms with van der Waals surface area (Å²) in [7, 11) is 0. The summed E-state index contributed by atoms with van der Waals surface area (Å²) in [5, 5.41) is 8.34. The molecule has 54 valence electrons. The van der Waals surface area contributed by atoms with Gasteiger partial charge in [-0.2, -0.15) is 0 Å². The fraction of sp³-hybridized carbons (Fsp3) is 0.